The quantitative estimate of drug-likeness (QED) is 0.257. The average Bonchev–Trinajstić information content (AvgIpc) is 2.95. The Morgan fingerprint density at radius 1 is 1.40 bits per heavy atom. The summed E-state index contributed by atoms with van der Waals surface area (Å²) in [6, 6.07) is 0. The van der Waals surface area contributed by atoms with Crippen LogP contribution in [0.1, 0.15) is 0 Å². The number of nitrogen functional groups attached to an aromatic ring is 1. The molecule has 4 unspecified atom stereocenters. The second-order valence-electron chi connectivity index (χ2n) is 5.47. The topological polar surface area (TPSA) is 215 Å². The van der Waals surface area contributed by atoms with Gasteiger partial charge in [0.05, 0.1) is 6.61 Å². The molecule has 14 nitrogen and oxygen atoms in total. The van der Waals surface area contributed by atoms with Gasteiger partial charge in [-0.05, 0) is 0 Å². The molecule has 0 spiro atoms. The summed E-state index contributed by atoms with van der Waals surface area (Å²) >= 11 is 0. The van der Waals surface area contributed by atoms with Gasteiger partial charge in [-0.15, -0.1) is 0 Å². The van der Waals surface area contributed by atoms with Crippen molar-refractivity contribution in [1.29, 1.82) is 0 Å². The smallest absolute Gasteiger partial charge is 0.387 e. The number of phosphoric acid groups is 1. The van der Waals surface area contributed by atoms with Crippen LogP contribution in [-0.4, -0.2) is 73.0 Å². The highest BCUT2D eigenvalue weighted by Gasteiger charge is 2.49. The number of hydroxylamine groups is 1. The molecule has 3 rings (SSSR count). The van der Waals surface area contributed by atoms with Crippen LogP contribution in [0.2, 0.25) is 0 Å². The van der Waals surface area contributed by atoms with Gasteiger partial charge in [-0.3, -0.25) is 19.5 Å². The monoisotopic (exact) mass is 381 g/mol. The van der Waals surface area contributed by atoms with Crippen molar-refractivity contribution < 1.29 is 39.0 Å². The number of aromatic nitrogens is 2. The minimum absolute atomic E-state index is 0.0865. The zero-order valence-electron chi connectivity index (χ0n) is 12.5. The molecule has 3 heterocycles. The molecular formula is C10H16N5O9P. The zero-order chi connectivity index (χ0) is 18.5. The molecule has 0 aromatic carbocycles. The third-order valence-corrected chi connectivity index (χ3v) is 4.25. The fourth-order valence-electron chi connectivity index (χ4n) is 2.68. The van der Waals surface area contributed by atoms with Crippen molar-refractivity contribution in [1.82, 2.24) is 9.97 Å². The lowest BCUT2D eigenvalue weighted by Gasteiger charge is -2.27. The van der Waals surface area contributed by atoms with Gasteiger partial charge in [0.2, 0.25) is 5.95 Å². The van der Waals surface area contributed by atoms with E-state index in [0.717, 1.165) is 0 Å². The Morgan fingerprint density at radius 2 is 2.08 bits per heavy atom. The van der Waals surface area contributed by atoms with Crippen LogP contribution in [0.15, 0.2) is 4.79 Å². The molecular weight excluding hydrogens is 365 g/mol. The summed E-state index contributed by atoms with van der Waals surface area (Å²) in [6.45, 7) is -1.01. The molecule has 140 valence electrons. The molecule has 2 aliphatic heterocycles. The number of hydrogen-bond acceptors (Lipinski definition) is 11. The molecule has 25 heavy (non-hydrogen) atoms. The van der Waals surface area contributed by atoms with Crippen molar-refractivity contribution in [3.05, 3.63) is 10.4 Å². The second-order valence-corrected chi connectivity index (χ2v) is 6.71. The molecule has 0 bridgehead atoms. The molecule has 1 aromatic heterocycles. The van der Waals surface area contributed by atoms with Crippen molar-refractivity contribution >= 4 is 25.3 Å². The second kappa shape index (κ2) is 6.19. The lowest BCUT2D eigenvalue weighted by Crippen LogP contribution is -2.45. The van der Waals surface area contributed by atoms with Crippen LogP contribution in [0, 0.1) is 0 Å². The van der Waals surface area contributed by atoms with Gasteiger partial charge in [-0.2, -0.15) is 4.98 Å². The Morgan fingerprint density at radius 3 is 2.72 bits per heavy atom. The Kier molecular flexibility index (Phi) is 4.47. The Balaban J connectivity index is 1.84. The Hall–Kier alpha value is -1.77. The summed E-state index contributed by atoms with van der Waals surface area (Å²) in [5.41, 5.74) is 4.52. The lowest BCUT2D eigenvalue weighted by molar-refractivity contribution is -0.0224. The van der Waals surface area contributed by atoms with Crippen LogP contribution in [0.4, 0.5) is 17.5 Å². The third kappa shape index (κ3) is 3.33. The number of H-pyrrole nitrogens is 1. The molecule has 0 amide bonds. The standard InChI is InChI=1S/C10H16N5O9P/c11-10-12-7-4(8(18)13-10)15(19)2-14(7)9-6(17)5(16)3(24-9)1-23-25(20,21)22/h3,5-6,9,16-17,19H,1-2H2,(H2,20,21,22)(H3,11,12,13,18). The number of hydrogen-bond donors (Lipinski definition) is 7. The number of aliphatic hydroxyl groups excluding tert-OH is 2. The van der Waals surface area contributed by atoms with Gasteiger partial charge in [0.1, 0.15) is 25.0 Å². The van der Waals surface area contributed by atoms with Gasteiger partial charge in [0, 0.05) is 0 Å². The number of nitrogens with one attached hydrogen (secondary N) is 1. The highest BCUT2D eigenvalue weighted by molar-refractivity contribution is 7.46. The summed E-state index contributed by atoms with van der Waals surface area (Å²) in [4.78, 5) is 36.5. The summed E-state index contributed by atoms with van der Waals surface area (Å²) in [5, 5.41) is 30.6. The van der Waals surface area contributed by atoms with Crippen molar-refractivity contribution in [2.75, 3.05) is 29.0 Å². The third-order valence-electron chi connectivity index (χ3n) is 3.76. The fraction of sp³-hybridized carbons (Fsp3) is 0.600. The molecule has 8 N–H and O–H groups in total. The molecule has 2 aliphatic rings. The first-order chi connectivity index (χ1) is 11.6. The number of rotatable bonds is 4. The van der Waals surface area contributed by atoms with E-state index in [2.05, 4.69) is 14.5 Å². The largest absolute Gasteiger partial charge is 0.469 e. The van der Waals surface area contributed by atoms with Crippen molar-refractivity contribution in [3.8, 4) is 0 Å². The van der Waals surface area contributed by atoms with Crippen molar-refractivity contribution in [2.24, 2.45) is 0 Å². The van der Waals surface area contributed by atoms with Crippen LogP contribution in [0.5, 0.6) is 0 Å². The predicted octanol–water partition coefficient (Wildman–Crippen LogP) is -3.12. The zero-order valence-corrected chi connectivity index (χ0v) is 13.4. The molecule has 1 saturated heterocycles. The molecule has 1 aromatic rings. The van der Waals surface area contributed by atoms with Crippen molar-refractivity contribution in [2.45, 2.75) is 24.5 Å². The summed E-state index contributed by atoms with van der Waals surface area (Å²) in [5.74, 6) is -0.324. The molecule has 0 aliphatic carbocycles. The molecule has 0 saturated carbocycles. The summed E-state index contributed by atoms with van der Waals surface area (Å²) < 4.78 is 20.4. The first-order valence-electron chi connectivity index (χ1n) is 6.93. The first kappa shape index (κ1) is 18.0. The predicted molar refractivity (Wildman–Crippen MR) is 79.6 cm³/mol. The number of nitrogens with two attached hydrogens (primary N) is 1. The van der Waals surface area contributed by atoms with E-state index in [1.165, 1.54) is 4.90 Å². The van der Waals surface area contributed by atoms with Gasteiger partial charge < -0.3 is 35.4 Å². The lowest BCUT2D eigenvalue weighted by atomic mass is 10.1. The maximum Gasteiger partial charge on any atom is 0.469 e. The minimum atomic E-state index is -4.79. The minimum Gasteiger partial charge on any atom is -0.387 e. The van der Waals surface area contributed by atoms with Crippen LogP contribution in [0.25, 0.3) is 0 Å². The number of aromatic amines is 1. The maximum atomic E-state index is 11.9. The van der Waals surface area contributed by atoms with E-state index in [0.29, 0.717) is 5.06 Å². The van der Waals surface area contributed by atoms with Crippen LogP contribution < -0.4 is 21.3 Å². The normalized spacial score (nSPS) is 29.3. The highest BCUT2D eigenvalue weighted by Crippen LogP contribution is 2.39. The van der Waals surface area contributed by atoms with Crippen LogP contribution >= 0.6 is 7.82 Å². The maximum absolute atomic E-state index is 11.9. The van der Waals surface area contributed by atoms with Crippen LogP contribution in [-0.2, 0) is 13.8 Å². The number of nitrogens with zero attached hydrogens (tertiary/aromatic N) is 3. The molecule has 4 atom stereocenters. The van der Waals surface area contributed by atoms with E-state index in [9.17, 15) is 24.8 Å². The van der Waals surface area contributed by atoms with Gasteiger partial charge in [0.25, 0.3) is 5.56 Å². The molecule has 0 radical (unpaired) electrons. The summed E-state index contributed by atoms with van der Waals surface area (Å²) in [6.07, 6.45) is -5.60. The number of phosphoric ester groups is 1. The van der Waals surface area contributed by atoms with Gasteiger partial charge >= 0.3 is 7.82 Å². The van der Waals surface area contributed by atoms with Gasteiger partial charge in [-0.25, -0.2) is 9.63 Å². The van der Waals surface area contributed by atoms with Gasteiger partial charge in [0.15, 0.2) is 17.7 Å². The molecule has 15 heteroatoms. The Bertz CT molecular complexity index is 768. The SMILES string of the molecule is Nc1nc2c(c(=O)[nH]1)N(O)CN2C1OC(COP(=O)(O)O)C(O)C1O. The van der Waals surface area contributed by atoms with E-state index < -0.39 is 44.5 Å². The number of aliphatic hydroxyl groups is 2. The van der Waals surface area contributed by atoms with E-state index in [1.54, 1.807) is 0 Å². The fourth-order valence-corrected chi connectivity index (χ4v) is 3.02. The van der Waals surface area contributed by atoms with Crippen molar-refractivity contribution in [3.63, 3.8) is 0 Å². The number of fused-ring (bicyclic) bond motifs is 1. The summed E-state index contributed by atoms with van der Waals surface area (Å²) in [7, 11) is -4.79. The number of ether oxygens (including phenoxy) is 1. The van der Waals surface area contributed by atoms with E-state index in [1.807, 2.05) is 0 Å². The number of anilines is 3. The van der Waals surface area contributed by atoms with E-state index >= 15 is 0 Å². The highest BCUT2D eigenvalue weighted by atomic mass is 31.2. The Labute approximate surface area is 139 Å². The van der Waals surface area contributed by atoms with Gasteiger partial charge in [-0.1, -0.05) is 0 Å². The van der Waals surface area contributed by atoms with E-state index in [4.69, 9.17) is 20.3 Å². The molecule has 1 fully saturated rings. The first-order valence-corrected chi connectivity index (χ1v) is 8.46. The van der Waals surface area contributed by atoms with Crippen LogP contribution in [0.3, 0.4) is 0 Å². The average molecular weight is 381 g/mol. The van der Waals surface area contributed by atoms with E-state index in [-0.39, 0.29) is 24.1 Å².